The Morgan fingerprint density at radius 2 is 2.05 bits per heavy atom. The van der Waals surface area contributed by atoms with Crippen LogP contribution in [0.25, 0.3) is 0 Å². The number of carbonyl (C=O) groups excluding carboxylic acids is 1. The first-order valence-corrected chi connectivity index (χ1v) is 7.13. The highest BCUT2D eigenvalue weighted by Gasteiger charge is 2.46. The van der Waals surface area contributed by atoms with E-state index in [9.17, 15) is 14.7 Å². The Morgan fingerprint density at radius 1 is 1.42 bits per heavy atom. The first kappa shape index (κ1) is 15.8. The fourth-order valence-electron chi connectivity index (χ4n) is 2.69. The van der Waals surface area contributed by atoms with Crippen LogP contribution in [0.2, 0.25) is 0 Å². The number of hydrogen-bond donors (Lipinski definition) is 1. The number of carboxylic acids is 1. The average molecular weight is 270 g/mol. The third-order valence-electron chi connectivity index (χ3n) is 4.36. The van der Waals surface area contributed by atoms with Crippen LogP contribution >= 0.6 is 0 Å². The summed E-state index contributed by atoms with van der Waals surface area (Å²) in [6.07, 6.45) is 2.93. The maximum absolute atomic E-state index is 12.3. The van der Waals surface area contributed by atoms with Crippen LogP contribution in [0.1, 0.15) is 46.5 Å². The van der Waals surface area contributed by atoms with Gasteiger partial charge in [-0.1, -0.05) is 20.3 Å². The summed E-state index contributed by atoms with van der Waals surface area (Å²) in [5, 5.41) is 9.44. The monoisotopic (exact) mass is 270 g/mol. The van der Waals surface area contributed by atoms with E-state index in [1.807, 2.05) is 20.8 Å². The van der Waals surface area contributed by atoms with Gasteiger partial charge in [-0.15, -0.1) is 0 Å². The summed E-state index contributed by atoms with van der Waals surface area (Å²) in [5.41, 5.74) is -0.735. The molecule has 1 saturated heterocycles. The number of likely N-dealkylation sites (tertiary alicyclic amines) is 1. The second-order valence-electron chi connectivity index (χ2n) is 5.66. The molecule has 0 aromatic carbocycles. The molecule has 0 bridgehead atoms. The molecular weight excluding hydrogens is 244 g/mol. The topological polar surface area (TPSA) is 60.9 Å². The number of carbonyl (C=O) groups is 2. The van der Waals surface area contributed by atoms with Crippen LogP contribution in [0.15, 0.2) is 0 Å². The molecule has 110 valence electrons. The third-order valence-corrected chi connectivity index (χ3v) is 4.36. The molecule has 1 rings (SSSR count). The van der Waals surface area contributed by atoms with E-state index in [4.69, 9.17) is 0 Å². The van der Waals surface area contributed by atoms with E-state index in [1.165, 1.54) is 0 Å². The van der Waals surface area contributed by atoms with Crippen LogP contribution in [-0.2, 0) is 4.79 Å². The lowest BCUT2D eigenvalue weighted by atomic mass is 9.83. The van der Waals surface area contributed by atoms with Crippen molar-refractivity contribution in [1.82, 2.24) is 9.80 Å². The van der Waals surface area contributed by atoms with Crippen molar-refractivity contribution < 1.29 is 14.7 Å². The van der Waals surface area contributed by atoms with Gasteiger partial charge in [0, 0.05) is 26.2 Å². The predicted molar refractivity (Wildman–Crippen MR) is 74.1 cm³/mol. The Hall–Kier alpha value is -1.26. The van der Waals surface area contributed by atoms with Gasteiger partial charge in [-0.2, -0.15) is 0 Å². The fourth-order valence-corrected chi connectivity index (χ4v) is 2.69. The number of nitrogens with zero attached hydrogens (tertiary/aromatic N) is 2. The van der Waals surface area contributed by atoms with Gasteiger partial charge in [0.2, 0.25) is 0 Å². The van der Waals surface area contributed by atoms with E-state index in [2.05, 4.69) is 0 Å². The van der Waals surface area contributed by atoms with Gasteiger partial charge in [0.05, 0.1) is 5.41 Å². The zero-order valence-electron chi connectivity index (χ0n) is 12.5. The summed E-state index contributed by atoms with van der Waals surface area (Å²) in [6, 6.07) is 0.132. The van der Waals surface area contributed by atoms with E-state index >= 15 is 0 Å². The molecule has 5 heteroatoms. The summed E-state index contributed by atoms with van der Waals surface area (Å²) < 4.78 is 0. The number of amides is 2. The summed E-state index contributed by atoms with van der Waals surface area (Å²) in [7, 11) is 1.79. The molecule has 0 saturated carbocycles. The van der Waals surface area contributed by atoms with Gasteiger partial charge in [-0.05, 0) is 26.2 Å². The summed E-state index contributed by atoms with van der Waals surface area (Å²) in [6.45, 7) is 6.92. The predicted octanol–water partition coefficient (Wildman–Crippen LogP) is 2.41. The molecular formula is C14H26N2O3. The minimum absolute atomic E-state index is 0.0476. The van der Waals surface area contributed by atoms with Crippen molar-refractivity contribution in [2.45, 2.75) is 52.5 Å². The first-order chi connectivity index (χ1) is 8.88. The second kappa shape index (κ2) is 6.26. The lowest BCUT2D eigenvalue weighted by molar-refractivity contribution is -0.148. The van der Waals surface area contributed by atoms with Gasteiger partial charge in [-0.25, -0.2) is 4.79 Å². The maximum atomic E-state index is 12.3. The number of urea groups is 1. The Balaban J connectivity index is 2.74. The Bertz CT molecular complexity index is 346. The van der Waals surface area contributed by atoms with Crippen molar-refractivity contribution in [3.63, 3.8) is 0 Å². The zero-order valence-corrected chi connectivity index (χ0v) is 12.5. The van der Waals surface area contributed by atoms with Crippen molar-refractivity contribution >= 4 is 12.0 Å². The van der Waals surface area contributed by atoms with Crippen molar-refractivity contribution in [2.75, 3.05) is 20.1 Å². The standard InChI is InChI=1S/C14H26N2O3/c1-5-7-14(12(17)18)8-9-16(10-14)13(19)15(4)11(3)6-2/h11H,5-10H2,1-4H3,(H,17,18). The number of carboxylic acid groups (broad SMARTS) is 1. The van der Waals surface area contributed by atoms with Crippen LogP contribution in [0, 0.1) is 5.41 Å². The van der Waals surface area contributed by atoms with Crippen molar-refractivity contribution in [3.8, 4) is 0 Å². The van der Waals surface area contributed by atoms with E-state index in [0.29, 0.717) is 25.9 Å². The van der Waals surface area contributed by atoms with Crippen LogP contribution in [0.4, 0.5) is 4.79 Å². The molecule has 2 unspecified atom stereocenters. The fraction of sp³-hybridized carbons (Fsp3) is 0.857. The molecule has 5 nitrogen and oxygen atoms in total. The third kappa shape index (κ3) is 3.19. The van der Waals surface area contributed by atoms with Gasteiger partial charge in [0.25, 0.3) is 0 Å². The molecule has 0 aromatic rings. The molecule has 2 amide bonds. The van der Waals surface area contributed by atoms with Gasteiger partial charge in [0.1, 0.15) is 0 Å². The maximum Gasteiger partial charge on any atom is 0.320 e. The van der Waals surface area contributed by atoms with Crippen LogP contribution in [0.3, 0.4) is 0 Å². The lowest BCUT2D eigenvalue weighted by Gasteiger charge is -2.30. The molecule has 2 atom stereocenters. The highest BCUT2D eigenvalue weighted by Crippen LogP contribution is 2.36. The zero-order chi connectivity index (χ0) is 14.6. The molecule has 1 aliphatic heterocycles. The van der Waals surface area contributed by atoms with E-state index in [0.717, 1.165) is 12.8 Å². The summed E-state index contributed by atoms with van der Waals surface area (Å²) >= 11 is 0. The minimum atomic E-state index is -0.768. The van der Waals surface area contributed by atoms with Crippen LogP contribution < -0.4 is 0 Å². The molecule has 0 aromatic heterocycles. The van der Waals surface area contributed by atoms with E-state index in [-0.39, 0.29) is 12.1 Å². The van der Waals surface area contributed by atoms with E-state index in [1.54, 1.807) is 16.8 Å². The first-order valence-electron chi connectivity index (χ1n) is 7.13. The van der Waals surface area contributed by atoms with Gasteiger partial charge < -0.3 is 14.9 Å². The quantitative estimate of drug-likeness (QED) is 0.834. The second-order valence-corrected chi connectivity index (χ2v) is 5.66. The number of aliphatic carboxylic acids is 1. The molecule has 0 spiro atoms. The van der Waals surface area contributed by atoms with Gasteiger partial charge in [-0.3, -0.25) is 4.79 Å². The largest absolute Gasteiger partial charge is 0.481 e. The van der Waals surface area contributed by atoms with Crippen LogP contribution in [-0.4, -0.2) is 53.1 Å². The van der Waals surface area contributed by atoms with Crippen molar-refractivity contribution in [2.24, 2.45) is 5.41 Å². The smallest absolute Gasteiger partial charge is 0.320 e. The molecule has 1 heterocycles. The van der Waals surface area contributed by atoms with Crippen LogP contribution in [0.5, 0.6) is 0 Å². The summed E-state index contributed by atoms with van der Waals surface area (Å²) in [5.74, 6) is -0.768. The molecule has 1 aliphatic rings. The van der Waals surface area contributed by atoms with Gasteiger partial charge >= 0.3 is 12.0 Å². The molecule has 0 radical (unpaired) electrons. The molecule has 1 fully saturated rings. The highest BCUT2D eigenvalue weighted by atomic mass is 16.4. The normalized spacial score (nSPS) is 24.3. The molecule has 0 aliphatic carbocycles. The SMILES string of the molecule is CCCC1(C(=O)O)CCN(C(=O)N(C)C(C)CC)C1. The Kier molecular flexibility index (Phi) is 5.20. The van der Waals surface area contributed by atoms with E-state index < -0.39 is 11.4 Å². The number of rotatable bonds is 5. The Morgan fingerprint density at radius 3 is 2.53 bits per heavy atom. The average Bonchev–Trinajstić information content (AvgIpc) is 2.82. The lowest BCUT2D eigenvalue weighted by Crippen LogP contribution is -2.45. The summed E-state index contributed by atoms with van der Waals surface area (Å²) in [4.78, 5) is 27.2. The van der Waals surface area contributed by atoms with Crippen molar-refractivity contribution in [3.05, 3.63) is 0 Å². The molecule has 1 N–H and O–H groups in total. The van der Waals surface area contributed by atoms with Crippen molar-refractivity contribution in [1.29, 1.82) is 0 Å². The Labute approximate surface area is 115 Å². The highest BCUT2D eigenvalue weighted by molar-refractivity contribution is 5.79. The van der Waals surface area contributed by atoms with Gasteiger partial charge in [0.15, 0.2) is 0 Å². The number of hydrogen-bond acceptors (Lipinski definition) is 2. The molecule has 19 heavy (non-hydrogen) atoms. The minimum Gasteiger partial charge on any atom is -0.481 e.